The van der Waals surface area contributed by atoms with Crippen LogP contribution in [0.5, 0.6) is 0 Å². The van der Waals surface area contributed by atoms with Crippen molar-refractivity contribution in [2.75, 3.05) is 18.1 Å². The Kier molecular flexibility index (Phi) is 5.75. The maximum atomic E-state index is 4.15. The van der Waals surface area contributed by atoms with E-state index in [0.29, 0.717) is 0 Å². The van der Waals surface area contributed by atoms with Crippen LogP contribution in [0.4, 0.5) is 5.13 Å². The molecule has 0 aliphatic heterocycles. The quantitative estimate of drug-likeness (QED) is 0.614. The Morgan fingerprint density at radius 3 is 2.79 bits per heavy atom. The number of hydrogen-bond donors (Lipinski definition) is 1. The number of rotatable bonds is 7. The first-order valence-electron chi connectivity index (χ1n) is 5.76. The van der Waals surface area contributed by atoms with E-state index in [0.717, 1.165) is 21.8 Å². The van der Waals surface area contributed by atoms with Gasteiger partial charge in [-0.1, -0.05) is 41.3 Å². The Hall–Kier alpha value is -0.980. The molecule has 6 heteroatoms. The highest BCUT2D eigenvalue weighted by atomic mass is 32.2. The SMILES string of the molecule is C=CCNc1nnc(SCc2ccc(SC)cc2)s1. The largest absolute Gasteiger partial charge is 0.357 e. The standard InChI is InChI=1S/C13H15N3S3/c1-3-8-14-12-15-16-13(19-12)18-9-10-4-6-11(17-2)7-5-10/h3-7H,1,8-9H2,2H3,(H,14,15). The minimum absolute atomic E-state index is 0.718. The molecule has 1 heterocycles. The molecule has 0 amide bonds. The topological polar surface area (TPSA) is 37.8 Å². The Bertz CT molecular complexity index is 522. The molecule has 1 N–H and O–H groups in total. The third kappa shape index (κ3) is 4.56. The van der Waals surface area contributed by atoms with Crippen molar-refractivity contribution in [3.05, 3.63) is 42.5 Å². The van der Waals surface area contributed by atoms with Crippen molar-refractivity contribution in [2.45, 2.75) is 15.0 Å². The summed E-state index contributed by atoms with van der Waals surface area (Å²) < 4.78 is 0.987. The zero-order valence-electron chi connectivity index (χ0n) is 10.6. The number of thioether (sulfide) groups is 2. The van der Waals surface area contributed by atoms with Crippen LogP contribution < -0.4 is 5.32 Å². The van der Waals surface area contributed by atoms with Crippen molar-refractivity contribution >= 4 is 40.0 Å². The first-order valence-corrected chi connectivity index (χ1v) is 8.78. The molecule has 0 radical (unpaired) electrons. The zero-order chi connectivity index (χ0) is 13.5. The highest BCUT2D eigenvalue weighted by Gasteiger charge is 2.04. The van der Waals surface area contributed by atoms with Gasteiger partial charge in [0.1, 0.15) is 0 Å². The molecule has 0 fully saturated rings. The molecule has 1 aromatic carbocycles. The molecular formula is C13H15N3S3. The number of nitrogens with one attached hydrogen (secondary N) is 1. The molecule has 0 saturated heterocycles. The van der Waals surface area contributed by atoms with Crippen LogP contribution in [0.2, 0.25) is 0 Å². The van der Waals surface area contributed by atoms with E-state index < -0.39 is 0 Å². The fourth-order valence-electron chi connectivity index (χ4n) is 1.37. The van der Waals surface area contributed by atoms with E-state index in [2.05, 4.69) is 52.6 Å². The highest BCUT2D eigenvalue weighted by molar-refractivity contribution is 8.00. The third-order valence-corrected chi connectivity index (χ3v) is 5.15. The summed E-state index contributed by atoms with van der Waals surface area (Å²) in [6.07, 6.45) is 3.89. The van der Waals surface area contributed by atoms with Gasteiger partial charge in [-0.3, -0.25) is 0 Å². The molecule has 0 aliphatic rings. The number of anilines is 1. The maximum absolute atomic E-state index is 4.15. The summed E-state index contributed by atoms with van der Waals surface area (Å²) in [5.41, 5.74) is 1.30. The van der Waals surface area contributed by atoms with Gasteiger partial charge in [-0.15, -0.1) is 28.5 Å². The average molecular weight is 309 g/mol. The van der Waals surface area contributed by atoms with Crippen LogP contribution >= 0.6 is 34.9 Å². The lowest BCUT2D eigenvalue weighted by atomic mass is 10.2. The Labute approximate surface area is 125 Å². The van der Waals surface area contributed by atoms with Gasteiger partial charge in [-0.2, -0.15) is 0 Å². The lowest BCUT2D eigenvalue weighted by molar-refractivity contribution is 1.01. The summed E-state index contributed by atoms with van der Waals surface area (Å²) >= 11 is 5.05. The molecule has 19 heavy (non-hydrogen) atoms. The second-order valence-electron chi connectivity index (χ2n) is 3.68. The molecular weight excluding hydrogens is 294 g/mol. The molecule has 100 valence electrons. The molecule has 0 bridgehead atoms. The summed E-state index contributed by atoms with van der Waals surface area (Å²) in [5, 5.41) is 12.2. The number of benzene rings is 1. The number of hydrogen-bond acceptors (Lipinski definition) is 6. The predicted octanol–water partition coefficient (Wildman–Crippen LogP) is 4.15. The van der Waals surface area contributed by atoms with Gasteiger partial charge in [0, 0.05) is 17.2 Å². The van der Waals surface area contributed by atoms with Crippen LogP contribution in [0.1, 0.15) is 5.56 Å². The lowest BCUT2D eigenvalue weighted by Gasteiger charge is -2.00. The van der Waals surface area contributed by atoms with E-state index in [9.17, 15) is 0 Å². The lowest BCUT2D eigenvalue weighted by Crippen LogP contribution is -1.96. The van der Waals surface area contributed by atoms with Crippen LogP contribution in [-0.2, 0) is 5.75 Å². The summed E-state index contributed by atoms with van der Waals surface area (Å²) in [6, 6.07) is 8.63. The minimum Gasteiger partial charge on any atom is -0.357 e. The monoisotopic (exact) mass is 309 g/mol. The molecule has 0 atom stereocenters. The van der Waals surface area contributed by atoms with Crippen molar-refractivity contribution in [3.63, 3.8) is 0 Å². The molecule has 2 rings (SSSR count). The summed E-state index contributed by atoms with van der Waals surface area (Å²) in [5.74, 6) is 0.921. The molecule has 2 aromatic rings. The fourth-order valence-corrected chi connectivity index (χ4v) is 3.49. The zero-order valence-corrected chi connectivity index (χ0v) is 13.1. The van der Waals surface area contributed by atoms with E-state index >= 15 is 0 Å². The second kappa shape index (κ2) is 7.57. The van der Waals surface area contributed by atoms with Gasteiger partial charge in [-0.05, 0) is 24.0 Å². The van der Waals surface area contributed by atoms with Crippen molar-refractivity contribution in [1.82, 2.24) is 10.2 Å². The van der Waals surface area contributed by atoms with Gasteiger partial charge >= 0.3 is 0 Å². The molecule has 1 aromatic heterocycles. The van der Waals surface area contributed by atoms with E-state index in [-0.39, 0.29) is 0 Å². The minimum atomic E-state index is 0.718. The smallest absolute Gasteiger partial charge is 0.206 e. The molecule has 0 aliphatic carbocycles. The van der Waals surface area contributed by atoms with Crippen LogP contribution in [0.3, 0.4) is 0 Å². The first-order chi connectivity index (χ1) is 9.31. The fraction of sp³-hybridized carbons (Fsp3) is 0.231. The van der Waals surface area contributed by atoms with Crippen LogP contribution in [-0.4, -0.2) is 23.0 Å². The van der Waals surface area contributed by atoms with E-state index in [1.165, 1.54) is 10.5 Å². The molecule has 3 nitrogen and oxygen atoms in total. The van der Waals surface area contributed by atoms with Crippen LogP contribution in [0.25, 0.3) is 0 Å². The van der Waals surface area contributed by atoms with Gasteiger partial charge in [0.15, 0.2) is 4.34 Å². The third-order valence-electron chi connectivity index (χ3n) is 2.33. The number of nitrogens with zero attached hydrogens (tertiary/aromatic N) is 2. The van der Waals surface area contributed by atoms with Gasteiger partial charge in [0.05, 0.1) is 0 Å². The summed E-state index contributed by atoms with van der Waals surface area (Å²) in [4.78, 5) is 1.29. The Morgan fingerprint density at radius 1 is 1.32 bits per heavy atom. The molecule has 0 spiro atoms. The molecule has 0 saturated carbocycles. The van der Waals surface area contributed by atoms with Gasteiger partial charge in [0.25, 0.3) is 0 Å². The van der Waals surface area contributed by atoms with Crippen molar-refractivity contribution in [1.29, 1.82) is 0 Å². The van der Waals surface area contributed by atoms with Crippen LogP contribution in [0.15, 0.2) is 46.2 Å². The number of aromatic nitrogens is 2. The van der Waals surface area contributed by atoms with E-state index in [4.69, 9.17) is 0 Å². The Balaban J connectivity index is 1.87. The predicted molar refractivity (Wildman–Crippen MR) is 86.4 cm³/mol. The average Bonchev–Trinajstić information content (AvgIpc) is 2.91. The second-order valence-corrected chi connectivity index (χ2v) is 6.76. The van der Waals surface area contributed by atoms with Gasteiger partial charge in [-0.25, -0.2) is 0 Å². The summed E-state index contributed by atoms with van der Waals surface area (Å²) in [6.45, 7) is 4.38. The van der Waals surface area contributed by atoms with E-state index in [1.54, 1.807) is 34.9 Å². The van der Waals surface area contributed by atoms with Crippen LogP contribution in [0, 0.1) is 0 Å². The molecule has 0 unspecified atom stereocenters. The highest BCUT2D eigenvalue weighted by Crippen LogP contribution is 2.28. The Morgan fingerprint density at radius 2 is 2.11 bits per heavy atom. The van der Waals surface area contributed by atoms with Crippen molar-refractivity contribution < 1.29 is 0 Å². The van der Waals surface area contributed by atoms with E-state index in [1.807, 2.05) is 6.08 Å². The van der Waals surface area contributed by atoms with Gasteiger partial charge in [0.2, 0.25) is 5.13 Å². The summed E-state index contributed by atoms with van der Waals surface area (Å²) in [7, 11) is 0. The maximum Gasteiger partial charge on any atom is 0.206 e. The van der Waals surface area contributed by atoms with Crippen molar-refractivity contribution in [2.24, 2.45) is 0 Å². The normalized spacial score (nSPS) is 10.4. The van der Waals surface area contributed by atoms with Gasteiger partial charge < -0.3 is 5.32 Å². The van der Waals surface area contributed by atoms with Crippen molar-refractivity contribution in [3.8, 4) is 0 Å². The first kappa shape index (κ1) is 14.4.